The predicted molar refractivity (Wildman–Crippen MR) is 49.5 cm³/mol. The van der Waals surface area contributed by atoms with E-state index in [1.54, 1.807) is 6.92 Å². The van der Waals surface area contributed by atoms with Crippen molar-refractivity contribution in [2.75, 3.05) is 0 Å². The van der Waals surface area contributed by atoms with Gasteiger partial charge in [-0.3, -0.25) is 4.98 Å². The van der Waals surface area contributed by atoms with Crippen LogP contribution >= 0.6 is 15.9 Å². The van der Waals surface area contributed by atoms with Crippen LogP contribution in [0.15, 0.2) is 10.7 Å². The topological polar surface area (TPSA) is 38.9 Å². The highest BCUT2D eigenvalue weighted by atomic mass is 79.9. The lowest BCUT2D eigenvalue weighted by atomic mass is 10.1. The van der Waals surface area contributed by atoms with Crippen LogP contribution in [0, 0.1) is 6.92 Å². The molecule has 0 aromatic carbocycles. The van der Waals surface area contributed by atoms with Gasteiger partial charge in [0, 0.05) is 22.8 Å². The minimum absolute atomic E-state index is 0.0181. The molecule has 0 saturated carbocycles. The predicted octanol–water partition coefficient (Wildman–Crippen LogP) is 2.55. The minimum atomic E-state index is -2.50. The Labute approximate surface area is 83.3 Å². The van der Waals surface area contributed by atoms with Crippen LogP contribution in [0.25, 0.3) is 0 Å². The van der Waals surface area contributed by atoms with Gasteiger partial charge in [0.15, 0.2) is 0 Å². The van der Waals surface area contributed by atoms with Crippen LogP contribution in [0.5, 0.6) is 0 Å². The lowest BCUT2D eigenvalue weighted by molar-refractivity contribution is 0.149. The second-order valence-corrected chi connectivity index (χ2v) is 3.45. The van der Waals surface area contributed by atoms with Gasteiger partial charge < -0.3 is 5.73 Å². The Kier molecular flexibility index (Phi) is 3.33. The summed E-state index contributed by atoms with van der Waals surface area (Å²) in [4.78, 5) is 3.93. The molecule has 0 aliphatic heterocycles. The molecule has 0 aliphatic carbocycles. The van der Waals surface area contributed by atoms with Crippen molar-refractivity contribution in [1.29, 1.82) is 0 Å². The van der Waals surface area contributed by atoms with Gasteiger partial charge >= 0.3 is 0 Å². The van der Waals surface area contributed by atoms with Crippen molar-refractivity contribution in [3.05, 3.63) is 27.5 Å². The number of hydrogen-bond acceptors (Lipinski definition) is 2. The lowest BCUT2D eigenvalue weighted by Gasteiger charge is -2.10. The molecule has 2 N–H and O–H groups in total. The number of nitrogens with two attached hydrogens (primary N) is 1. The van der Waals surface area contributed by atoms with Crippen molar-refractivity contribution < 1.29 is 8.78 Å². The summed E-state index contributed by atoms with van der Waals surface area (Å²) in [7, 11) is 0. The van der Waals surface area contributed by atoms with Crippen molar-refractivity contribution >= 4 is 15.9 Å². The summed E-state index contributed by atoms with van der Waals surface area (Å²) in [5.74, 6) is 0. The van der Waals surface area contributed by atoms with Gasteiger partial charge in [-0.1, -0.05) is 0 Å². The Hall–Kier alpha value is -0.550. The molecule has 0 radical (unpaired) electrons. The van der Waals surface area contributed by atoms with Crippen molar-refractivity contribution in [3.63, 3.8) is 0 Å². The highest BCUT2D eigenvalue weighted by molar-refractivity contribution is 9.10. The first-order valence-electron chi connectivity index (χ1n) is 3.70. The van der Waals surface area contributed by atoms with Gasteiger partial charge in [-0.25, -0.2) is 8.78 Å². The Bertz CT molecular complexity index is 315. The molecule has 1 aromatic heterocycles. The second-order valence-electron chi connectivity index (χ2n) is 2.60. The molecule has 1 aromatic rings. The van der Waals surface area contributed by atoms with Crippen LogP contribution in [0.2, 0.25) is 0 Å². The van der Waals surface area contributed by atoms with Crippen LogP contribution in [0.3, 0.4) is 0 Å². The number of nitrogens with zero attached hydrogens (tertiary/aromatic N) is 1. The van der Waals surface area contributed by atoms with E-state index >= 15 is 0 Å². The summed E-state index contributed by atoms with van der Waals surface area (Å²) in [5, 5.41) is 0. The molecule has 1 rings (SSSR count). The zero-order valence-electron chi connectivity index (χ0n) is 7.02. The zero-order valence-corrected chi connectivity index (χ0v) is 8.61. The smallest absolute Gasteiger partial charge is 0.265 e. The third-order valence-electron chi connectivity index (χ3n) is 1.84. The number of aromatic nitrogens is 1. The highest BCUT2D eigenvalue weighted by Gasteiger charge is 2.17. The largest absolute Gasteiger partial charge is 0.325 e. The van der Waals surface area contributed by atoms with Gasteiger partial charge in [0.2, 0.25) is 0 Å². The summed E-state index contributed by atoms with van der Waals surface area (Å²) >= 11 is 3.03. The average Bonchev–Trinajstić information content (AvgIpc) is 2.04. The maximum Gasteiger partial charge on any atom is 0.265 e. The first kappa shape index (κ1) is 10.5. The number of hydrogen-bond donors (Lipinski definition) is 1. The van der Waals surface area contributed by atoms with Gasteiger partial charge in [-0.2, -0.15) is 0 Å². The van der Waals surface area contributed by atoms with Crippen molar-refractivity contribution in [3.8, 4) is 0 Å². The van der Waals surface area contributed by atoms with E-state index < -0.39 is 6.43 Å². The van der Waals surface area contributed by atoms with E-state index in [0.717, 1.165) is 0 Å². The van der Waals surface area contributed by atoms with E-state index in [9.17, 15) is 8.78 Å². The minimum Gasteiger partial charge on any atom is -0.325 e. The molecular weight excluding hydrogens is 242 g/mol. The summed E-state index contributed by atoms with van der Waals surface area (Å²) in [5.41, 5.74) is 6.31. The van der Waals surface area contributed by atoms with E-state index in [1.165, 1.54) is 6.20 Å². The molecule has 72 valence electrons. The normalized spacial score (nSPS) is 10.9. The monoisotopic (exact) mass is 250 g/mol. The number of alkyl halides is 2. The third kappa shape index (κ3) is 2.03. The zero-order chi connectivity index (χ0) is 10.0. The summed E-state index contributed by atoms with van der Waals surface area (Å²) in [6.45, 7) is 1.78. The number of rotatable bonds is 2. The first-order valence-corrected chi connectivity index (χ1v) is 4.49. The number of pyridine rings is 1. The van der Waals surface area contributed by atoms with E-state index in [4.69, 9.17) is 5.73 Å². The molecular formula is C8H9BrF2N2. The van der Waals surface area contributed by atoms with E-state index in [0.29, 0.717) is 15.7 Å². The van der Waals surface area contributed by atoms with Gasteiger partial charge in [-0.05, 0) is 28.4 Å². The van der Waals surface area contributed by atoms with Crippen molar-refractivity contribution in [2.45, 2.75) is 19.9 Å². The fraction of sp³-hybridized carbons (Fsp3) is 0.375. The molecule has 1 heterocycles. The van der Waals surface area contributed by atoms with Gasteiger partial charge in [0.05, 0.1) is 5.69 Å². The Morgan fingerprint density at radius 3 is 2.69 bits per heavy atom. The first-order chi connectivity index (χ1) is 6.07. The third-order valence-corrected chi connectivity index (χ3v) is 2.47. The molecule has 0 bridgehead atoms. The summed E-state index contributed by atoms with van der Waals surface area (Å²) < 4.78 is 25.3. The standard InChI is InChI=1S/C8H9BrF2N2/c1-4-6(2-12)13-3-5(9)7(4)8(10)11/h3,8H,2,12H2,1H3. The van der Waals surface area contributed by atoms with Crippen LogP contribution in [0.4, 0.5) is 8.78 Å². The molecule has 0 atom stereocenters. The molecule has 0 saturated heterocycles. The molecule has 0 amide bonds. The number of halogens is 3. The summed E-state index contributed by atoms with van der Waals surface area (Å²) in [6.07, 6.45) is -1.14. The lowest BCUT2D eigenvalue weighted by Crippen LogP contribution is -2.05. The van der Waals surface area contributed by atoms with E-state index in [-0.39, 0.29) is 12.1 Å². The quantitative estimate of drug-likeness (QED) is 0.877. The molecule has 0 unspecified atom stereocenters. The SMILES string of the molecule is Cc1c(CN)ncc(Br)c1C(F)F. The molecule has 13 heavy (non-hydrogen) atoms. The van der Waals surface area contributed by atoms with Crippen molar-refractivity contribution in [2.24, 2.45) is 5.73 Å². The molecule has 0 aliphatic rings. The van der Waals surface area contributed by atoms with Crippen LogP contribution < -0.4 is 5.73 Å². The Morgan fingerprint density at radius 2 is 2.23 bits per heavy atom. The van der Waals surface area contributed by atoms with Crippen molar-refractivity contribution in [1.82, 2.24) is 4.98 Å². The molecule has 0 fully saturated rings. The Balaban J connectivity index is 3.30. The fourth-order valence-electron chi connectivity index (χ4n) is 1.11. The van der Waals surface area contributed by atoms with E-state index in [2.05, 4.69) is 20.9 Å². The highest BCUT2D eigenvalue weighted by Crippen LogP contribution is 2.30. The molecule has 2 nitrogen and oxygen atoms in total. The molecule has 5 heteroatoms. The Morgan fingerprint density at radius 1 is 1.62 bits per heavy atom. The van der Waals surface area contributed by atoms with Crippen LogP contribution in [0.1, 0.15) is 23.2 Å². The van der Waals surface area contributed by atoms with Crippen LogP contribution in [-0.4, -0.2) is 4.98 Å². The maximum atomic E-state index is 12.5. The average molecular weight is 251 g/mol. The van der Waals surface area contributed by atoms with Gasteiger partial charge in [0.1, 0.15) is 0 Å². The maximum absolute atomic E-state index is 12.5. The molecule has 0 spiro atoms. The fourth-order valence-corrected chi connectivity index (χ4v) is 1.68. The summed E-state index contributed by atoms with van der Waals surface area (Å²) in [6, 6.07) is 0. The second kappa shape index (κ2) is 4.11. The van der Waals surface area contributed by atoms with Gasteiger partial charge in [-0.15, -0.1) is 0 Å². The van der Waals surface area contributed by atoms with Crippen LogP contribution in [-0.2, 0) is 6.54 Å². The van der Waals surface area contributed by atoms with E-state index in [1.807, 2.05) is 0 Å². The van der Waals surface area contributed by atoms with Gasteiger partial charge in [0.25, 0.3) is 6.43 Å².